The molecule has 0 spiro atoms. The van der Waals surface area contributed by atoms with Crippen molar-refractivity contribution in [1.82, 2.24) is 19.7 Å². The molecule has 0 saturated carbocycles. The van der Waals surface area contributed by atoms with Crippen LogP contribution in [0, 0.1) is 13.8 Å². The number of benzene rings is 1. The standard InChI is InChI=1S/C20H22ClN5O2S/c1-12-7-8-15(10-13(12)2)28-14(3)19-24-25-20(26(19)4)29-11-17(27)23-16-6-5-9-22-18(16)21/h5-10,14H,11H2,1-4H3,(H,23,27). The lowest BCUT2D eigenvalue weighted by Crippen LogP contribution is -2.15. The number of carbonyl (C=O) groups is 1. The highest BCUT2D eigenvalue weighted by molar-refractivity contribution is 7.99. The Hall–Kier alpha value is -2.58. The molecule has 0 aliphatic carbocycles. The van der Waals surface area contributed by atoms with Crippen molar-refractivity contribution >= 4 is 35.0 Å². The maximum absolute atomic E-state index is 12.2. The topological polar surface area (TPSA) is 81.9 Å². The Balaban J connectivity index is 1.60. The van der Waals surface area contributed by atoms with Gasteiger partial charge in [-0.15, -0.1) is 10.2 Å². The lowest BCUT2D eigenvalue weighted by molar-refractivity contribution is -0.113. The lowest BCUT2D eigenvalue weighted by Gasteiger charge is -2.15. The van der Waals surface area contributed by atoms with Crippen molar-refractivity contribution in [2.75, 3.05) is 11.1 Å². The number of rotatable bonds is 7. The van der Waals surface area contributed by atoms with Gasteiger partial charge in [0.25, 0.3) is 0 Å². The minimum Gasteiger partial charge on any atom is -0.483 e. The summed E-state index contributed by atoms with van der Waals surface area (Å²) < 4.78 is 7.85. The number of anilines is 1. The number of hydrogen-bond donors (Lipinski definition) is 1. The molecule has 7 nitrogen and oxygen atoms in total. The fourth-order valence-corrected chi connectivity index (χ4v) is 3.53. The molecule has 0 bridgehead atoms. The molecular weight excluding hydrogens is 410 g/mol. The number of halogens is 1. The number of nitrogens with zero attached hydrogens (tertiary/aromatic N) is 4. The van der Waals surface area contributed by atoms with Crippen LogP contribution in [0.1, 0.15) is 30.0 Å². The number of thioether (sulfide) groups is 1. The Morgan fingerprint density at radius 3 is 2.79 bits per heavy atom. The van der Waals surface area contributed by atoms with Crippen LogP contribution in [0.3, 0.4) is 0 Å². The SMILES string of the molecule is Cc1ccc(OC(C)c2nnc(SCC(=O)Nc3cccnc3Cl)n2C)cc1C. The average molecular weight is 432 g/mol. The maximum Gasteiger partial charge on any atom is 0.234 e. The largest absolute Gasteiger partial charge is 0.483 e. The Morgan fingerprint density at radius 1 is 1.28 bits per heavy atom. The third kappa shape index (κ3) is 5.27. The highest BCUT2D eigenvalue weighted by Crippen LogP contribution is 2.25. The molecule has 29 heavy (non-hydrogen) atoms. The second kappa shape index (κ2) is 9.28. The summed E-state index contributed by atoms with van der Waals surface area (Å²) in [4.78, 5) is 16.1. The van der Waals surface area contributed by atoms with Gasteiger partial charge in [0.1, 0.15) is 5.75 Å². The van der Waals surface area contributed by atoms with Gasteiger partial charge < -0.3 is 14.6 Å². The van der Waals surface area contributed by atoms with Crippen LogP contribution in [0.15, 0.2) is 41.7 Å². The summed E-state index contributed by atoms with van der Waals surface area (Å²) in [6.07, 6.45) is 1.28. The summed E-state index contributed by atoms with van der Waals surface area (Å²) >= 11 is 7.25. The van der Waals surface area contributed by atoms with Crippen molar-refractivity contribution in [3.8, 4) is 5.75 Å². The van der Waals surface area contributed by atoms with Gasteiger partial charge in [-0.2, -0.15) is 0 Å². The number of hydrogen-bond acceptors (Lipinski definition) is 6. The highest BCUT2D eigenvalue weighted by atomic mass is 35.5. The number of ether oxygens (including phenoxy) is 1. The lowest BCUT2D eigenvalue weighted by atomic mass is 10.1. The van der Waals surface area contributed by atoms with E-state index in [-0.39, 0.29) is 22.9 Å². The van der Waals surface area contributed by atoms with E-state index in [1.807, 2.05) is 43.7 Å². The van der Waals surface area contributed by atoms with Gasteiger partial charge in [-0.1, -0.05) is 29.4 Å². The second-order valence-electron chi connectivity index (χ2n) is 6.58. The number of pyridine rings is 1. The van der Waals surface area contributed by atoms with Crippen molar-refractivity contribution in [2.24, 2.45) is 7.05 Å². The van der Waals surface area contributed by atoms with Crippen LogP contribution >= 0.6 is 23.4 Å². The molecule has 2 heterocycles. The molecule has 1 aromatic carbocycles. The van der Waals surface area contributed by atoms with E-state index in [1.54, 1.807) is 18.3 Å². The monoisotopic (exact) mass is 431 g/mol. The summed E-state index contributed by atoms with van der Waals surface area (Å²) in [5.74, 6) is 1.43. The Bertz CT molecular complexity index is 1020. The zero-order valence-electron chi connectivity index (χ0n) is 16.6. The van der Waals surface area contributed by atoms with Crippen LogP contribution in [0.5, 0.6) is 5.75 Å². The van der Waals surface area contributed by atoms with Crippen LogP contribution in [0.4, 0.5) is 5.69 Å². The molecule has 1 amide bonds. The first-order valence-electron chi connectivity index (χ1n) is 9.01. The fourth-order valence-electron chi connectivity index (χ4n) is 2.65. The number of aryl methyl sites for hydroxylation is 2. The molecule has 1 N–H and O–H groups in total. The maximum atomic E-state index is 12.2. The van der Waals surface area contributed by atoms with Gasteiger partial charge in [-0.25, -0.2) is 4.98 Å². The molecule has 0 saturated heterocycles. The van der Waals surface area contributed by atoms with E-state index < -0.39 is 0 Å². The first kappa shape index (κ1) is 21.1. The van der Waals surface area contributed by atoms with Crippen molar-refractivity contribution < 1.29 is 9.53 Å². The fraction of sp³-hybridized carbons (Fsp3) is 0.300. The third-order valence-corrected chi connectivity index (χ3v) is 5.71. The Kier molecular flexibility index (Phi) is 6.76. The summed E-state index contributed by atoms with van der Waals surface area (Å²) in [6.45, 7) is 6.03. The molecule has 0 aliphatic heterocycles. The molecule has 152 valence electrons. The summed E-state index contributed by atoms with van der Waals surface area (Å²) in [7, 11) is 1.85. The van der Waals surface area contributed by atoms with Gasteiger partial charge in [0.2, 0.25) is 5.91 Å². The molecule has 3 aromatic rings. The minimum atomic E-state index is -0.285. The van der Waals surface area contributed by atoms with Crippen molar-refractivity contribution in [2.45, 2.75) is 32.0 Å². The van der Waals surface area contributed by atoms with Gasteiger partial charge in [-0.05, 0) is 56.2 Å². The molecular formula is C20H22ClN5O2S. The minimum absolute atomic E-state index is 0.170. The first-order valence-corrected chi connectivity index (χ1v) is 10.4. The van der Waals surface area contributed by atoms with Gasteiger partial charge in [0.05, 0.1) is 11.4 Å². The van der Waals surface area contributed by atoms with Crippen molar-refractivity contribution in [3.05, 3.63) is 58.6 Å². The molecule has 0 radical (unpaired) electrons. The molecule has 9 heteroatoms. The molecule has 1 atom stereocenters. The quantitative estimate of drug-likeness (QED) is 0.442. The van der Waals surface area contributed by atoms with E-state index in [2.05, 4.69) is 27.4 Å². The molecule has 1 unspecified atom stereocenters. The van der Waals surface area contributed by atoms with Crippen LogP contribution in [0.25, 0.3) is 0 Å². The Labute approximate surface area is 178 Å². The normalized spacial score (nSPS) is 11.9. The molecule has 0 aliphatic rings. The molecule has 0 fully saturated rings. The van der Waals surface area contributed by atoms with E-state index in [1.165, 1.54) is 22.9 Å². The number of aromatic nitrogens is 4. The molecule has 3 rings (SSSR count). The van der Waals surface area contributed by atoms with Crippen LogP contribution in [-0.2, 0) is 11.8 Å². The molecule has 2 aromatic heterocycles. The van der Waals surface area contributed by atoms with Gasteiger partial charge in [-0.3, -0.25) is 4.79 Å². The van der Waals surface area contributed by atoms with E-state index in [9.17, 15) is 4.79 Å². The second-order valence-corrected chi connectivity index (χ2v) is 7.89. The van der Waals surface area contributed by atoms with E-state index >= 15 is 0 Å². The van der Waals surface area contributed by atoms with Crippen molar-refractivity contribution in [3.63, 3.8) is 0 Å². The highest BCUT2D eigenvalue weighted by Gasteiger charge is 2.18. The van der Waals surface area contributed by atoms with Gasteiger partial charge in [0, 0.05) is 13.2 Å². The van der Waals surface area contributed by atoms with E-state index in [4.69, 9.17) is 16.3 Å². The number of nitrogens with one attached hydrogen (secondary N) is 1. The number of carbonyl (C=O) groups excluding carboxylic acids is 1. The Morgan fingerprint density at radius 2 is 2.07 bits per heavy atom. The van der Waals surface area contributed by atoms with Gasteiger partial charge in [0.15, 0.2) is 22.2 Å². The van der Waals surface area contributed by atoms with Crippen molar-refractivity contribution in [1.29, 1.82) is 0 Å². The van der Waals surface area contributed by atoms with E-state index in [0.29, 0.717) is 16.7 Å². The zero-order valence-corrected chi connectivity index (χ0v) is 18.2. The number of amides is 1. The smallest absolute Gasteiger partial charge is 0.234 e. The zero-order chi connectivity index (χ0) is 21.0. The predicted molar refractivity (Wildman–Crippen MR) is 115 cm³/mol. The van der Waals surface area contributed by atoms with E-state index in [0.717, 1.165) is 5.75 Å². The van der Waals surface area contributed by atoms with Gasteiger partial charge >= 0.3 is 0 Å². The summed E-state index contributed by atoms with van der Waals surface area (Å²) in [5.41, 5.74) is 2.87. The third-order valence-electron chi connectivity index (χ3n) is 4.39. The first-order chi connectivity index (χ1) is 13.8. The van der Waals surface area contributed by atoms with Crippen LogP contribution in [-0.4, -0.2) is 31.4 Å². The average Bonchev–Trinajstić information content (AvgIpc) is 3.05. The summed E-state index contributed by atoms with van der Waals surface area (Å²) in [5, 5.41) is 12.0. The summed E-state index contributed by atoms with van der Waals surface area (Å²) in [6, 6.07) is 9.39. The van der Waals surface area contributed by atoms with Crippen LogP contribution in [0.2, 0.25) is 5.15 Å². The van der Waals surface area contributed by atoms with Crippen LogP contribution < -0.4 is 10.1 Å². The predicted octanol–water partition coefficient (Wildman–Crippen LogP) is 4.35.